The quantitative estimate of drug-likeness (QED) is 0.0915. The summed E-state index contributed by atoms with van der Waals surface area (Å²) >= 11 is 1.62. The van der Waals surface area contributed by atoms with Crippen molar-refractivity contribution < 1.29 is 42.5 Å². The molecule has 0 bridgehead atoms. The Balaban J connectivity index is 0.896. The van der Waals surface area contributed by atoms with E-state index in [4.69, 9.17) is 33.9 Å². The van der Waals surface area contributed by atoms with E-state index in [1.165, 1.54) is 25.2 Å². The Labute approximate surface area is 413 Å². The van der Waals surface area contributed by atoms with E-state index in [0.717, 1.165) is 52.9 Å². The van der Waals surface area contributed by atoms with Crippen molar-refractivity contribution in [3.8, 4) is 39.5 Å². The van der Waals surface area contributed by atoms with Crippen molar-refractivity contribution in [3.63, 3.8) is 0 Å². The first-order chi connectivity index (χ1) is 34.5. The molecule has 0 radical (unpaired) electrons. The molecule has 0 spiro atoms. The predicted molar refractivity (Wildman–Crippen MR) is 260 cm³/mol. The molecule has 4 aliphatic heterocycles. The van der Waals surface area contributed by atoms with Gasteiger partial charge in [0.25, 0.3) is 0 Å². The van der Waals surface area contributed by atoms with Crippen LogP contribution >= 0.6 is 11.3 Å². The summed E-state index contributed by atoms with van der Waals surface area (Å²) in [6.07, 6.45) is 9.88. The molecule has 4 amide bonds. The number of carbonyl (C=O) groups is 4. The summed E-state index contributed by atoms with van der Waals surface area (Å²) in [7, 11) is 2.56. The normalized spacial score (nSPS) is 20.9. The van der Waals surface area contributed by atoms with Gasteiger partial charge in [-0.3, -0.25) is 14.2 Å². The van der Waals surface area contributed by atoms with Gasteiger partial charge in [-0.1, -0.05) is 19.9 Å². The Hall–Kier alpha value is -6.80. The second-order valence-electron chi connectivity index (χ2n) is 19.5. The van der Waals surface area contributed by atoms with Gasteiger partial charge in [-0.15, -0.1) is 11.3 Å². The molecule has 8 heterocycles. The third-order valence-corrected chi connectivity index (χ3v) is 15.9. The number of imidazole rings is 2. The smallest absolute Gasteiger partial charge is 0.407 e. The van der Waals surface area contributed by atoms with E-state index >= 15 is 4.39 Å². The Bertz CT molecular complexity index is 3010. The number of nitrogens with zero attached hydrogens (tertiary/aromatic N) is 6. The van der Waals surface area contributed by atoms with E-state index in [2.05, 4.69) is 26.7 Å². The number of aromatic nitrogens is 6. The number of alkyl carbamates (subject to hydrolysis) is 2. The third kappa shape index (κ3) is 8.78. The first-order valence-corrected chi connectivity index (χ1v) is 25.4. The average molecular weight is 989 g/mol. The van der Waals surface area contributed by atoms with Gasteiger partial charge in [0, 0.05) is 53.9 Å². The Morgan fingerprint density at radius 3 is 2.11 bits per heavy atom. The Kier molecular flexibility index (Phi) is 12.5. The van der Waals surface area contributed by atoms with Crippen LogP contribution in [0.15, 0.2) is 55.0 Å². The number of benzene rings is 2. The zero-order valence-electron chi connectivity index (χ0n) is 40.0. The number of nitrogens with one attached hydrogen (secondary N) is 4. The van der Waals surface area contributed by atoms with Gasteiger partial charge in [-0.2, -0.15) is 0 Å². The lowest BCUT2D eigenvalue weighted by molar-refractivity contribution is -0.137. The minimum absolute atomic E-state index is 0.0757. The summed E-state index contributed by atoms with van der Waals surface area (Å²) < 4.78 is 41.1. The van der Waals surface area contributed by atoms with E-state index < -0.39 is 36.3 Å². The minimum Gasteiger partial charge on any atom is -0.462 e. The molecule has 18 nitrogen and oxygen atoms in total. The lowest BCUT2D eigenvalue weighted by Crippen LogP contribution is -2.53. The second-order valence-corrected chi connectivity index (χ2v) is 20.6. The molecule has 6 aromatic rings. The molecule has 4 aromatic heterocycles. The number of methoxy groups -OCH3 is 2. The van der Waals surface area contributed by atoms with Crippen LogP contribution < -0.4 is 15.4 Å². The van der Waals surface area contributed by atoms with Crippen LogP contribution in [0, 0.1) is 17.7 Å². The number of hydrogen-bond donors (Lipinski definition) is 4. The van der Waals surface area contributed by atoms with E-state index in [1.807, 2.05) is 53.8 Å². The largest absolute Gasteiger partial charge is 0.462 e. The molecule has 20 heteroatoms. The fourth-order valence-corrected chi connectivity index (χ4v) is 11.9. The number of fused-ring (bicyclic) bond motifs is 5. The Morgan fingerprint density at radius 2 is 1.45 bits per heavy atom. The predicted octanol–water partition coefficient (Wildman–Crippen LogP) is 8.36. The summed E-state index contributed by atoms with van der Waals surface area (Å²) in [4.78, 5) is 78.7. The van der Waals surface area contributed by atoms with Gasteiger partial charge >= 0.3 is 12.2 Å². The van der Waals surface area contributed by atoms with Gasteiger partial charge in [-0.05, 0) is 99.5 Å². The molecule has 71 heavy (non-hydrogen) atoms. The highest BCUT2D eigenvalue weighted by atomic mass is 32.1. The number of aromatic amines is 2. The maximum absolute atomic E-state index is 17.0. The van der Waals surface area contributed by atoms with Gasteiger partial charge < -0.3 is 49.3 Å². The molecule has 372 valence electrons. The monoisotopic (exact) mass is 988 g/mol. The summed E-state index contributed by atoms with van der Waals surface area (Å²) in [5, 5.41) is 7.13. The van der Waals surface area contributed by atoms with Gasteiger partial charge in [-0.25, -0.2) is 28.9 Å². The second kappa shape index (κ2) is 19.1. The molecule has 11 rings (SSSR count). The van der Waals surface area contributed by atoms with Crippen molar-refractivity contribution in [3.05, 3.63) is 82.3 Å². The van der Waals surface area contributed by atoms with Gasteiger partial charge in [0.2, 0.25) is 18.0 Å². The van der Waals surface area contributed by atoms with Crippen molar-refractivity contribution in [2.24, 2.45) is 11.8 Å². The van der Waals surface area contributed by atoms with Crippen molar-refractivity contribution >= 4 is 46.2 Å². The molecule has 4 N–H and O–H groups in total. The zero-order chi connectivity index (χ0) is 49.1. The first kappa shape index (κ1) is 46.6. The van der Waals surface area contributed by atoms with E-state index in [-0.39, 0.29) is 35.7 Å². The highest BCUT2D eigenvalue weighted by molar-refractivity contribution is 7.11. The van der Waals surface area contributed by atoms with Crippen LogP contribution in [0.5, 0.6) is 5.75 Å². The SMILES string of the molecule is COC(=O)N[C@H](C(=O)N1CCC[C@H]1c1ncc(-c2cc(F)c3c(c2)OC(c2ncc(C4CC4)s2)n2c-3cc3cc(-c4cnc([C@@H]5CCCN5C(=O)[C@@H](NC(=O)OC)C5CCOCC5)[nH]4)ccc32)[nH]1)C(C)C. The summed E-state index contributed by atoms with van der Waals surface area (Å²) in [5.41, 5.74) is 4.52. The number of ether oxygens (including phenoxy) is 4. The highest BCUT2D eigenvalue weighted by Crippen LogP contribution is 2.50. The number of likely N-dealkylation sites (tertiary alicyclic amines) is 2. The molecule has 1 aliphatic carbocycles. The topological polar surface area (TPSA) is 211 Å². The molecule has 1 unspecified atom stereocenters. The molecule has 2 aromatic carbocycles. The van der Waals surface area contributed by atoms with Crippen LogP contribution in [-0.2, 0) is 23.8 Å². The molecule has 5 aliphatic rings. The fourth-order valence-electron chi connectivity index (χ4n) is 10.8. The van der Waals surface area contributed by atoms with Crippen LogP contribution in [0.3, 0.4) is 0 Å². The molecule has 3 saturated heterocycles. The highest BCUT2D eigenvalue weighted by Gasteiger charge is 2.42. The van der Waals surface area contributed by atoms with Gasteiger partial charge in [0.05, 0.1) is 66.9 Å². The number of H-pyrrole nitrogens is 2. The van der Waals surface area contributed by atoms with Gasteiger partial charge in [0.1, 0.15) is 35.3 Å². The summed E-state index contributed by atoms with van der Waals surface area (Å²) in [6, 6.07) is 9.19. The van der Waals surface area contributed by atoms with Crippen LogP contribution in [0.1, 0.15) is 111 Å². The lowest BCUT2D eigenvalue weighted by Gasteiger charge is -2.34. The van der Waals surface area contributed by atoms with Crippen molar-refractivity contribution in [2.75, 3.05) is 40.5 Å². The van der Waals surface area contributed by atoms with Crippen molar-refractivity contribution in [1.82, 2.24) is 49.9 Å². The van der Waals surface area contributed by atoms with Crippen molar-refractivity contribution in [1.29, 1.82) is 0 Å². The van der Waals surface area contributed by atoms with Gasteiger partial charge in [0.15, 0.2) is 5.01 Å². The van der Waals surface area contributed by atoms with Crippen LogP contribution in [0.2, 0.25) is 0 Å². The molecular formula is C51H57FN10O8S. The number of rotatable bonds is 12. The minimum atomic E-state index is -0.775. The van der Waals surface area contributed by atoms with Crippen LogP contribution in [-0.4, -0.2) is 116 Å². The molecule has 4 fully saturated rings. The molecular weight excluding hydrogens is 932 g/mol. The number of hydrogen-bond acceptors (Lipinski definition) is 12. The number of halogens is 1. The standard InChI is InChI=1S/C51H57FN10O8S/c1-26(2)42(58-50(65)67-3)47(63)60-15-5-7-36(60)45-54-24-34(57-45)30-20-32(52)41-38-21-31-19-29(11-12-35(31)62(38)49(70-39(41)22-30)46-55-25-40(71-46)27-9-10-27)33-23-53-44(56-33)37-8-6-16-61(37)48(64)43(59-51(66)68-4)28-13-17-69-18-14-28/h11-12,19-28,36-37,42-43,49H,5-10,13-18H2,1-4H3,(H,53,56)(H,54,57)(H,58,65)(H,59,66)/t36-,37-,42-,43-,49?/m0/s1. The maximum atomic E-state index is 17.0. The average Bonchev–Trinajstić information content (AvgIpc) is 4.11. The van der Waals surface area contributed by atoms with E-state index in [9.17, 15) is 19.2 Å². The van der Waals surface area contributed by atoms with Crippen LogP contribution in [0.25, 0.3) is 44.7 Å². The maximum Gasteiger partial charge on any atom is 0.407 e. The third-order valence-electron chi connectivity index (χ3n) is 14.7. The Morgan fingerprint density at radius 1 is 0.789 bits per heavy atom. The van der Waals surface area contributed by atoms with Crippen LogP contribution in [0.4, 0.5) is 14.0 Å². The summed E-state index contributed by atoms with van der Waals surface area (Å²) in [6.45, 7) is 5.84. The lowest BCUT2D eigenvalue weighted by atomic mass is 9.90. The van der Waals surface area contributed by atoms with E-state index in [0.29, 0.717) is 97.8 Å². The number of carbonyl (C=O) groups excluding carboxylic acids is 4. The number of thiazole rings is 1. The summed E-state index contributed by atoms with van der Waals surface area (Å²) in [5.74, 6) is 0.975. The number of amides is 4. The zero-order valence-corrected chi connectivity index (χ0v) is 40.9. The first-order valence-electron chi connectivity index (χ1n) is 24.6. The van der Waals surface area contributed by atoms with E-state index in [1.54, 1.807) is 28.6 Å². The fraction of sp³-hybridized carbons (Fsp3) is 0.471. The molecule has 5 atom stereocenters. The molecule has 1 saturated carbocycles. The van der Waals surface area contributed by atoms with Crippen molar-refractivity contribution in [2.45, 2.75) is 102 Å².